The van der Waals surface area contributed by atoms with Gasteiger partial charge in [-0.05, 0) is 12.1 Å². The average Bonchev–Trinajstić information content (AvgIpc) is 2.66. The lowest BCUT2D eigenvalue weighted by Gasteiger charge is -2.12. The van der Waals surface area contributed by atoms with Crippen molar-refractivity contribution in [1.29, 1.82) is 0 Å². The largest absolute Gasteiger partial charge is 0.379 e. The molecule has 80 valence electrons. The summed E-state index contributed by atoms with van der Waals surface area (Å²) in [4.78, 5) is 15.6. The molecule has 0 bridgehead atoms. The Balaban J connectivity index is 1.98. The van der Waals surface area contributed by atoms with Gasteiger partial charge in [0.15, 0.2) is 0 Å². The topological polar surface area (TPSA) is 77.2 Å². The first kappa shape index (κ1) is 10.1. The molecule has 2 atom stereocenters. The van der Waals surface area contributed by atoms with Gasteiger partial charge in [0.25, 0.3) is 0 Å². The van der Waals surface area contributed by atoms with Crippen molar-refractivity contribution in [3.63, 3.8) is 0 Å². The predicted octanol–water partition coefficient (Wildman–Crippen LogP) is -0.00620. The summed E-state index contributed by atoms with van der Waals surface area (Å²) in [6.07, 6.45) is 3.25. The monoisotopic (exact) mass is 207 g/mol. The fourth-order valence-corrected chi connectivity index (χ4v) is 1.51. The van der Waals surface area contributed by atoms with Crippen LogP contribution in [0.3, 0.4) is 0 Å². The number of nitrogens with zero attached hydrogens (tertiary/aromatic N) is 1. The van der Waals surface area contributed by atoms with E-state index >= 15 is 0 Å². The van der Waals surface area contributed by atoms with Crippen LogP contribution in [-0.2, 0) is 9.53 Å². The third kappa shape index (κ3) is 2.31. The Kier molecular flexibility index (Phi) is 2.94. The van der Waals surface area contributed by atoms with Gasteiger partial charge in [-0.15, -0.1) is 0 Å². The maximum Gasteiger partial charge on any atom is 0.231 e. The smallest absolute Gasteiger partial charge is 0.231 e. The molecule has 1 aliphatic heterocycles. The molecule has 0 radical (unpaired) electrons. The van der Waals surface area contributed by atoms with Crippen LogP contribution in [0.2, 0.25) is 0 Å². The minimum atomic E-state index is -0.259. The molecule has 1 aromatic rings. The summed E-state index contributed by atoms with van der Waals surface area (Å²) in [5, 5.41) is 2.75. The van der Waals surface area contributed by atoms with Crippen molar-refractivity contribution in [3.05, 3.63) is 24.5 Å². The van der Waals surface area contributed by atoms with Crippen LogP contribution in [-0.4, -0.2) is 30.1 Å². The standard InChI is InChI=1S/C10H13N3O2/c11-9-6-15-5-8(9)10(14)13-7-2-1-3-12-4-7/h1-4,8-9H,5-6,11H2,(H,13,14). The van der Waals surface area contributed by atoms with Gasteiger partial charge in [0.05, 0.1) is 31.0 Å². The van der Waals surface area contributed by atoms with E-state index in [1.807, 2.05) is 0 Å². The number of anilines is 1. The molecule has 0 aliphatic carbocycles. The number of hydrogen-bond acceptors (Lipinski definition) is 4. The molecule has 3 N–H and O–H groups in total. The number of nitrogens with one attached hydrogen (secondary N) is 1. The van der Waals surface area contributed by atoms with E-state index in [1.54, 1.807) is 24.5 Å². The highest BCUT2D eigenvalue weighted by molar-refractivity contribution is 5.93. The lowest BCUT2D eigenvalue weighted by molar-refractivity contribution is -0.120. The van der Waals surface area contributed by atoms with Gasteiger partial charge in [-0.25, -0.2) is 0 Å². The summed E-state index contributed by atoms with van der Waals surface area (Å²) in [5.41, 5.74) is 6.41. The minimum Gasteiger partial charge on any atom is -0.379 e. The Morgan fingerprint density at radius 1 is 1.60 bits per heavy atom. The molecule has 0 saturated carbocycles. The molecule has 2 unspecified atom stereocenters. The van der Waals surface area contributed by atoms with Gasteiger partial charge < -0.3 is 15.8 Å². The summed E-state index contributed by atoms with van der Waals surface area (Å²) < 4.78 is 5.13. The van der Waals surface area contributed by atoms with Crippen LogP contribution in [0.15, 0.2) is 24.5 Å². The van der Waals surface area contributed by atoms with E-state index in [4.69, 9.17) is 10.5 Å². The van der Waals surface area contributed by atoms with E-state index in [-0.39, 0.29) is 17.9 Å². The number of carbonyl (C=O) groups is 1. The number of pyridine rings is 1. The predicted molar refractivity (Wildman–Crippen MR) is 55.2 cm³/mol. The maximum absolute atomic E-state index is 11.7. The van der Waals surface area contributed by atoms with Crippen molar-refractivity contribution in [3.8, 4) is 0 Å². The number of nitrogens with two attached hydrogens (primary N) is 1. The number of amides is 1. The normalized spacial score (nSPS) is 25.1. The van der Waals surface area contributed by atoms with Crippen molar-refractivity contribution in [2.45, 2.75) is 6.04 Å². The van der Waals surface area contributed by atoms with Crippen molar-refractivity contribution in [2.24, 2.45) is 11.7 Å². The highest BCUT2D eigenvalue weighted by Crippen LogP contribution is 2.14. The van der Waals surface area contributed by atoms with Crippen molar-refractivity contribution < 1.29 is 9.53 Å². The highest BCUT2D eigenvalue weighted by atomic mass is 16.5. The maximum atomic E-state index is 11.7. The van der Waals surface area contributed by atoms with Crippen LogP contribution in [0.25, 0.3) is 0 Å². The molecular formula is C10H13N3O2. The SMILES string of the molecule is NC1COCC1C(=O)Nc1cccnc1. The summed E-state index contributed by atoms with van der Waals surface area (Å²) in [7, 11) is 0. The van der Waals surface area contributed by atoms with Gasteiger partial charge in [0.2, 0.25) is 5.91 Å². The van der Waals surface area contributed by atoms with Gasteiger partial charge >= 0.3 is 0 Å². The van der Waals surface area contributed by atoms with E-state index in [9.17, 15) is 4.79 Å². The molecule has 2 rings (SSSR count). The van der Waals surface area contributed by atoms with Crippen LogP contribution < -0.4 is 11.1 Å². The Morgan fingerprint density at radius 3 is 3.07 bits per heavy atom. The first-order valence-corrected chi connectivity index (χ1v) is 4.81. The summed E-state index contributed by atoms with van der Waals surface area (Å²) in [6.45, 7) is 0.846. The molecule has 1 aromatic heterocycles. The van der Waals surface area contributed by atoms with Gasteiger partial charge in [-0.1, -0.05) is 0 Å². The fraction of sp³-hybridized carbons (Fsp3) is 0.400. The summed E-state index contributed by atoms with van der Waals surface area (Å²) >= 11 is 0. The second kappa shape index (κ2) is 4.37. The van der Waals surface area contributed by atoms with E-state index in [0.29, 0.717) is 18.9 Å². The van der Waals surface area contributed by atoms with Crippen LogP contribution in [0.5, 0.6) is 0 Å². The molecule has 5 nitrogen and oxygen atoms in total. The molecule has 2 heterocycles. The number of rotatable bonds is 2. The number of ether oxygens (including phenoxy) is 1. The van der Waals surface area contributed by atoms with Crippen LogP contribution >= 0.6 is 0 Å². The Morgan fingerprint density at radius 2 is 2.47 bits per heavy atom. The molecule has 1 fully saturated rings. The molecule has 0 spiro atoms. The van der Waals surface area contributed by atoms with E-state index < -0.39 is 0 Å². The van der Waals surface area contributed by atoms with E-state index in [0.717, 1.165) is 0 Å². The average molecular weight is 207 g/mol. The van der Waals surface area contributed by atoms with Crippen LogP contribution in [0.1, 0.15) is 0 Å². The van der Waals surface area contributed by atoms with Crippen molar-refractivity contribution in [1.82, 2.24) is 4.98 Å². The van der Waals surface area contributed by atoms with Crippen molar-refractivity contribution in [2.75, 3.05) is 18.5 Å². The summed E-state index contributed by atoms with van der Waals surface area (Å²) in [6, 6.07) is 3.34. The number of hydrogen-bond donors (Lipinski definition) is 2. The van der Waals surface area contributed by atoms with Gasteiger partial charge in [0.1, 0.15) is 0 Å². The third-order valence-electron chi connectivity index (χ3n) is 2.39. The third-order valence-corrected chi connectivity index (χ3v) is 2.39. The zero-order chi connectivity index (χ0) is 10.7. The zero-order valence-corrected chi connectivity index (χ0v) is 8.22. The van der Waals surface area contributed by atoms with E-state index in [1.165, 1.54) is 0 Å². The Bertz CT molecular complexity index is 342. The van der Waals surface area contributed by atoms with Crippen molar-refractivity contribution >= 4 is 11.6 Å². The van der Waals surface area contributed by atoms with Crippen LogP contribution in [0.4, 0.5) is 5.69 Å². The van der Waals surface area contributed by atoms with Crippen LogP contribution in [0, 0.1) is 5.92 Å². The molecule has 1 aliphatic rings. The fourth-order valence-electron chi connectivity index (χ4n) is 1.51. The number of aromatic nitrogens is 1. The minimum absolute atomic E-state index is 0.104. The molecule has 1 saturated heterocycles. The van der Waals surface area contributed by atoms with Gasteiger partial charge in [-0.3, -0.25) is 9.78 Å². The molecule has 5 heteroatoms. The molecule has 0 aromatic carbocycles. The zero-order valence-electron chi connectivity index (χ0n) is 8.22. The van der Waals surface area contributed by atoms with Gasteiger partial charge in [0, 0.05) is 12.2 Å². The lowest BCUT2D eigenvalue weighted by atomic mass is 10.0. The Labute approximate surface area is 87.6 Å². The molecule has 15 heavy (non-hydrogen) atoms. The highest BCUT2D eigenvalue weighted by Gasteiger charge is 2.31. The first-order valence-electron chi connectivity index (χ1n) is 4.81. The summed E-state index contributed by atoms with van der Waals surface area (Å²) in [5.74, 6) is -0.363. The number of carbonyl (C=O) groups excluding carboxylic acids is 1. The molecule has 1 amide bonds. The Hall–Kier alpha value is -1.46. The quantitative estimate of drug-likeness (QED) is 0.715. The lowest BCUT2D eigenvalue weighted by Crippen LogP contribution is -2.37. The second-order valence-corrected chi connectivity index (χ2v) is 3.54. The van der Waals surface area contributed by atoms with Gasteiger partial charge in [-0.2, -0.15) is 0 Å². The molecular weight excluding hydrogens is 194 g/mol. The second-order valence-electron chi connectivity index (χ2n) is 3.54. The van der Waals surface area contributed by atoms with E-state index in [2.05, 4.69) is 10.3 Å². The first-order chi connectivity index (χ1) is 7.27.